The minimum atomic E-state index is -1.03. The fraction of sp³-hybridized carbons (Fsp3) is 0.276. The normalized spacial score (nSPS) is 15.6. The first-order valence-electron chi connectivity index (χ1n) is 12.5. The zero-order valence-electron chi connectivity index (χ0n) is 20.5. The Morgan fingerprint density at radius 3 is 2.35 bits per heavy atom. The largest absolute Gasteiger partial charge is 0.480 e. The Balaban J connectivity index is 1.40. The van der Waals surface area contributed by atoms with Crippen LogP contribution in [-0.4, -0.2) is 74.2 Å². The van der Waals surface area contributed by atoms with Crippen molar-refractivity contribution in [1.29, 1.82) is 0 Å². The average Bonchev–Trinajstić information content (AvgIpc) is 3.26. The van der Waals surface area contributed by atoms with E-state index in [1.54, 1.807) is 24.4 Å². The van der Waals surface area contributed by atoms with E-state index in [4.69, 9.17) is 0 Å². The second kappa shape index (κ2) is 10.9. The number of nitrogens with zero attached hydrogens (tertiary/aromatic N) is 4. The van der Waals surface area contributed by atoms with Gasteiger partial charge < -0.3 is 19.7 Å². The molecule has 0 spiro atoms. The minimum absolute atomic E-state index is 0.148. The summed E-state index contributed by atoms with van der Waals surface area (Å²) in [4.78, 5) is 33.1. The lowest BCUT2D eigenvalue weighted by atomic mass is 10.0. The van der Waals surface area contributed by atoms with Gasteiger partial charge in [-0.3, -0.25) is 14.7 Å². The molecule has 1 fully saturated rings. The molecule has 0 aliphatic carbocycles. The molecule has 0 saturated carbocycles. The molecule has 37 heavy (non-hydrogen) atoms. The van der Waals surface area contributed by atoms with Crippen LogP contribution in [0, 0.1) is 0 Å². The summed E-state index contributed by atoms with van der Waals surface area (Å²) in [6.45, 7) is 4.20. The fourth-order valence-corrected chi connectivity index (χ4v) is 5.14. The number of aliphatic carboxylic acids is 1. The lowest BCUT2D eigenvalue weighted by Gasteiger charge is -2.37. The van der Waals surface area contributed by atoms with E-state index in [2.05, 4.69) is 9.88 Å². The van der Waals surface area contributed by atoms with Crippen LogP contribution >= 0.6 is 0 Å². The average molecular weight is 499 g/mol. The van der Waals surface area contributed by atoms with Crippen molar-refractivity contribution in [2.75, 3.05) is 32.7 Å². The van der Waals surface area contributed by atoms with Crippen molar-refractivity contribution in [1.82, 2.24) is 19.4 Å². The molecule has 0 radical (unpaired) electrons. The summed E-state index contributed by atoms with van der Waals surface area (Å²) in [6.07, 6.45) is 4.54. The van der Waals surface area contributed by atoms with Gasteiger partial charge in [0.1, 0.15) is 6.04 Å². The van der Waals surface area contributed by atoms with Crippen LogP contribution in [0.25, 0.3) is 10.9 Å². The van der Waals surface area contributed by atoms with Crippen LogP contribution in [0.2, 0.25) is 0 Å². The summed E-state index contributed by atoms with van der Waals surface area (Å²) < 4.78 is 2.02. The monoisotopic (exact) mass is 498 g/mol. The summed E-state index contributed by atoms with van der Waals surface area (Å²) in [7, 11) is 0. The summed E-state index contributed by atoms with van der Waals surface area (Å²) in [6, 6.07) is 20.0. The van der Waals surface area contributed by atoms with Gasteiger partial charge >= 0.3 is 11.9 Å². The molecule has 4 aromatic rings. The van der Waals surface area contributed by atoms with E-state index in [1.807, 2.05) is 64.2 Å². The van der Waals surface area contributed by atoms with Gasteiger partial charge in [-0.15, -0.1) is 0 Å². The van der Waals surface area contributed by atoms with Gasteiger partial charge in [-0.25, -0.2) is 4.79 Å². The quantitative estimate of drug-likeness (QED) is 0.362. The first-order chi connectivity index (χ1) is 18.0. The van der Waals surface area contributed by atoms with Gasteiger partial charge in [-0.1, -0.05) is 36.4 Å². The van der Waals surface area contributed by atoms with Crippen LogP contribution in [0.1, 0.15) is 33.2 Å². The van der Waals surface area contributed by atoms with Gasteiger partial charge in [0.2, 0.25) is 0 Å². The maximum Gasteiger partial charge on any atom is 0.335 e. The first-order valence-corrected chi connectivity index (χ1v) is 12.5. The van der Waals surface area contributed by atoms with Gasteiger partial charge in [0.15, 0.2) is 0 Å². The summed E-state index contributed by atoms with van der Waals surface area (Å²) in [5.74, 6) is -1.96. The molecule has 3 heterocycles. The second-order valence-corrected chi connectivity index (χ2v) is 9.42. The number of carboxylic acids is 2. The first kappa shape index (κ1) is 24.7. The Morgan fingerprint density at radius 1 is 0.919 bits per heavy atom. The molecule has 1 atom stereocenters. The molecule has 1 saturated heterocycles. The maximum absolute atomic E-state index is 12.6. The molecule has 0 unspecified atom stereocenters. The lowest BCUT2D eigenvalue weighted by Crippen LogP contribution is -2.49. The number of carboxylic acid groups (broad SMARTS) is 2. The molecular formula is C29H30N4O4. The lowest BCUT2D eigenvalue weighted by molar-refractivity contribution is -0.144. The summed E-state index contributed by atoms with van der Waals surface area (Å²) in [5.41, 5.74) is 3.73. The number of aromatic nitrogens is 2. The molecule has 190 valence electrons. The van der Waals surface area contributed by atoms with Crippen molar-refractivity contribution in [2.45, 2.75) is 19.0 Å². The van der Waals surface area contributed by atoms with E-state index in [1.165, 1.54) is 0 Å². The van der Waals surface area contributed by atoms with Crippen LogP contribution in [0.5, 0.6) is 0 Å². The molecule has 8 heteroatoms. The number of fused-ring (bicyclic) bond motifs is 1. The third-order valence-corrected chi connectivity index (χ3v) is 7.07. The van der Waals surface area contributed by atoms with Crippen molar-refractivity contribution >= 4 is 22.8 Å². The van der Waals surface area contributed by atoms with Crippen LogP contribution in [0.3, 0.4) is 0 Å². The third kappa shape index (κ3) is 5.55. The van der Waals surface area contributed by atoms with Gasteiger partial charge in [-0.05, 0) is 35.9 Å². The van der Waals surface area contributed by atoms with Crippen molar-refractivity contribution < 1.29 is 19.8 Å². The van der Waals surface area contributed by atoms with E-state index in [-0.39, 0.29) is 5.56 Å². The SMILES string of the molecule is O=C(O)c1ccc2c(c1)c([C@@H](C(=O)O)N1CCN(CCc3ccccn3)CC1)cn2Cc1ccccc1. The zero-order chi connectivity index (χ0) is 25.8. The molecule has 2 aromatic heterocycles. The molecule has 5 rings (SSSR count). The van der Waals surface area contributed by atoms with E-state index in [9.17, 15) is 19.8 Å². The summed E-state index contributed by atoms with van der Waals surface area (Å²) >= 11 is 0. The third-order valence-electron chi connectivity index (χ3n) is 7.07. The molecule has 0 amide bonds. The molecule has 0 bridgehead atoms. The highest BCUT2D eigenvalue weighted by Crippen LogP contribution is 2.32. The Kier molecular flexibility index (Phi) is 7.30. The van der Waals surface area contributed by atoms with Crippen LogP contribution in [-0.2, 0) is 17.8 Å². The maximum atomic E-state index is 12.6. The van der Waals surface area contributed by atoms with Crippen molar-refractivity contribution in [3.8, 4) is 0 Å². The van der Waals surface area contributed by atoms with Gasteiger partial charge in [0.05, 0.1) is 5.56 Å². The molecule has 1 aliphatic rings. The van der Waals surface area contributed by atoms with E-state index in [0.717, 1.165) is 42.8 Å². The molecular weight excluding hydrogens is 468 g/mol. The highest BCUT2D eigenvalue weighted by molar-refractivity contribution is 5.96. The number of piperazine rings is 1. The second-order valence-electron chi connectivity index (χ2n) is 9.42. The van der Waals surface area contributed by atoms with Crippen molar-refractivity contribution in [3.05, 3.63) is 102 Å². The van der Waals surface area contributed by atoms with E-state index >= 15 is 0 Å². The number of pyridine rings is 1. The Labute approximate surface area is 215 Å². The minimum Gasteiger partial charge on any atom is -0.480 e. The van der Waals surface area contributed by atoms with Gasteiger partial charge in [0, 0.05) is 80.2 Å². The van der Waals surface area contributed by atoms with E-state index in [0.29, 0.717) is 30.6 Å². The summed E-state index contributed by atoms with van der Waals surface area (Å²) in [5, 5.41) is 20.6. The zero-order valence-corrected chi connectivity index (χ0v) is 20.5. The fourth-order valence-electron chi connectivity index (χ4n) is 5.14. The molecule has 2 N–H and O–H groups in total. The number of benzene rings is 2. The Hall–Kier alpha value is -4.01. The molecule has 8 nitrogen and oxygen atoms in total. The highest BCUT2D eigenvalue weighted by Gasteiger charge is 2.33. The van der Waals surface area contributed by atoms with Crippen LogP contribution in [0.4, 0.5) is 0 Å². The number of carbonyl (C=O) groups is 2. The van der Waals surface area contributed by atoms with Gasteiger partial charge in [0.25, 0.3) is 0 Å². The smallest absolute Gasteiger partial charge is 0.335 e. The highest BCUT2D eigenvalue weighted by atomic mass is 16.4. The number of rotatable bonds is 9. The Bertz CT molecular complexity index is 1380. The van der Waals surface area contributed by atoms with Crippen LogP contribution in [0.15, 0.2) is 79.1 Å². The molecule has 2 aromatic carbocycles. The molecule has 1 aliphatic heterocycles. The van der Waals surface area contributed by atoms with Crippen LogP contribution < -0.4 is 0 Å². The Morgan fingerprint density at radius 2 is 1.68 bits per heavy atom. The van der Waals surface area contributed by atoms with E-state index < -0.39 is 18.0 Å². The topological polar surface area (TPSA) is 98.9 Å². The number of aromatic carboxylic acids is 1. The standard InChI is InChI=1S/C29H30N4O4/c34-28(35)22-9-10-26-24(18-22)25(20-33(26)19-21-6-2-1-3-7-21)27(29(36)37)32-16-14-31(15-17-32)13-11-23-8-4-5-12-30-23/h1-10,12,18,20,27H,11,13-17,19H2,(H,34,35)(H,36,37)/t27-/m0/s1. The van der Waals surface area contributed by atoms with Crippen molar-refractivity contribution in [3.63, 3.8) is 0 Å². The predicted octanol–water partition coefficient (Wildman–Crippen LogP) is 3.77. The van der Waals surface area contributed by atoms with Gasteiger partial charge in [-0.2, -0.15) is 0 Å². The van der Waals surface area contributed by atoms with Crippen molar-refractivity contribution in [2.24, 2.45) is 0 Å². The number of hydrogen-bond acceptors (Lipinski definition) is 5. The number of hydrogen-bond donors (Lipinski definition) is 2. The predicted molar refractivity (Wildman–Crippen MR) is 141 cm³/mol.